The average molecular weight is 296 g/mol. The highest BCUT2D eigenvalue weighted by molar-refractivity contribution is 5.62. The van der Waals surface area contributed by atoms with Gasteiger partial charge in [0.25, 0.3) is 0 Å². The highest BCUT2D eigenvalue weighted by atomic mass is 19.1. The Bertz CT molecular complexity index is 629. The minimum Gasteiger partial charge on any atom is -0.469 e. The molecule has 0 spiro atoms. The van der Waals surface area contributed by atoms with Gasteiger partial charge in [-0.3, -0.25) is 10.1 Å². The van der Waals surface area contributed by atoms with Crippen LogP contribution in [0.5, 0.6) is 0 Å². The molecule has 112 valence electrons. The van der Waals surface area contributed by atoms with E-state index < -0.39 is 22.2 Å². The Kier molecular flexibility index (Phi) is 4.52. The lowest BCUT2D eigenvalue weighted by Gasteiger charge is -2.15. The third-order valence-electron chi connectivity index (χ3n) is 3.02. The zero-order valence-electron chi connectivity index (χ0n) is 11.3. The highest BCUT2D eigenvalue weighted by Crippen LogP contribution is 2.29. The summed E-state index contributed by atoms with van der Waals surface area (Å²) in [6, 6.07) is 4.79. The summed E-state index contributed by atoms with van der Waals surface area (Å²) in [5, 5.41) is 13.6. The topological polar surface area (TPSA) is 68.3 Å². The second-order valence-electron chi connectivity index (χ2n) is 4.70. The molecule has 5 nitrogen and oxygen atoms in total. The molecule has 0 bridgehead atoms. The van der Waals surface area contributed by atoms with Crippen molar-refractivity contribution in [2.45, 2.75) is 25.8 Å². The first kappa shape index (κ1) is 15.0. The third kappa shape index (κ3) is 3.77. The van der Waals surface area contributed by atoms with Gasteiger partial charge in [-0.25, -0.2) is 4.39 Å². The van der Waals surface area contributed by atoms with E-state index in [2.05, 4.69) is 5.32 Å². The van der Waals surface area contributed by atoms with E-state index in [1.54, 1.807) is 19.3 Å². The Hall–Kier alpha value is -2.44. The van der Waals surface area contributed by atoms with Gasteiger partial charge in [0, 0.05) is 24.6 Å². The lowest BCUT2D eigenvalue weighted by molar-refractivity contribution is -0.386. The van der Waals surface area contributed by atoms with Crippen molar-refractivity contribution < 1.29 is 18.1 Å². The van der Waals surface area contributed by atoms with Crippen LogP contribution in [0.3, 0.4) is 0 Å². The molecule has 1 unspecified atom stereocenters. The largest absolute Gasteiger partial charge is 0.469 e. The van der Waals surface area contributed by atoms with Gasteiger partial charge in [0.05, 0.1) is 11.2 Å². The molecule has 0 aliphatic heterocycles. The van der Waals surface area contributed by atoms with Crippen LogP contribution in [0.4, 0.5) is 20.2 Å². The van der Waals surface area contributed by atoms with E-state index in [0.29, 0.717) is 18.9 Å². The number of furan rings is 1. The van der Waals surface area contributed by atoms with Crippen LogP contribution in [0.1, 0.15) is 19.1 Å². The predicted octanol–water partition coefficient (Wildman–Crippen LogP) is 3.90. The van der Waals surface area contributed by atoms with Crippen LogP contribution >= 0.6 is 0 Å². The molecule has 1 atom stereocenters. The summed E-state index contributed by atoms with van der Waals surface area (Å²) in [7, 11) is 0. The quantitative estimate of drug-likeness (QED) is 0.648. The molecule has 0 radical (unpaired) electrons. The predicted molar refractivity (Wildman–Crippen MR) is 73.1 cm³/mol. The third-order valence-corrected chi connectivity index (χ3v) is 3.02. The number of aryl methyl sites for hydroxylation is 1. The van der Waals surface area contributed by atoms with Crippen LogP contribution < -0.4 is 5.32 Å². The number of benzene rings is 1. The van der Waals surface area contributed by atoms with E-state index in [0.717, 1.165) is 11.8 Å². The van der Waals surface area contributed by atoms with Gasteiger partial charge < -0.3 is 9.73 Å². The van der Waals surface area contributed by atoms with Crippen molar-refractivity contribution in [1.29, 1.82) is 0 Å². The molecule has 21 heavy (non-hydrogen) atoms. The second kappa shape index (κ2) is 6.34. The van der Waals surface area contributed by atoms with E-state index in [9.17, 15) is 18.9 Å². The van der Waals surface area contributed by atoms with Gasteiger partial charge in [-0.05, 0) is 25.5 Å². The minimum atomic E-state index is -1.19. The van der Waals surface area contributed by atoms with Gasteiger partial charge in [-0.2, -0.15) is 4.39 Å². The minimum absolute atomic E-state index is 0.163. The van der Waals surface area contributed by atoms with Gasteiger partial charge in [0.2, 0.25) is 5.82 Å². The first-order chi connectivity index (χ1) is 9.97. The van der Waals surface area contributed by atoms with E-state index in [1.165, 1.54) is 0 Å². The van der Waals surface area contributed by atoms with E-state index in [4.69, 9.17) is 4.42 Å². The van der Waals surface area contributed by atoms with Crippen LogP contribution in [-0.2, 0) is 6.42 Å². The molecule has 7 heteroatoms. The standard InChI is InChI=1S/C14H14F2N2O3/c1-9(4-5-11-3-2-6-21-11)17-13-8-10(15)7-12(16)14(13)18(19)20/h2-3,6-9,17H,4-5H2,1H3. The maximum atomic E-state index is 13.5. The summed E-state index contributed by atoms with van der Waals surface area (Å²) >= 11 is 0. The Labute approximate surface area is 119 Å². The number of rotatable bonds is 6. The van der Waals surface area contributed by atoms with Crippen molar-refractivity contribution in [3.05, 3.63) is 58.0 Å². The first-order valence-corrected chi connectivity index (χ1v) is 6.39. The molecule has 0 fully saturated rings. The Morgan fingerprint density at radius 2 is 2.19 bits per heavy atom. The van der Waals surface area contributed by atoms with Crippen LogP contribution in [0.25, 0.3) is 0 Å². The molecule has 1 heterocycles. The molecule has 1 aromatic carbocycles. The molecule has 0 amide bonds. The van der Waals surface area contributed by atoms with Crippen molar-refractivity contribution >= 4 is 11.4 Å². The lowest BCUT2D eigenvalue weighted by atomic mass is 10.1. The Balaban J connectivity index is 2.09. The Morgan fingerprint density at radius 1 is 1.43 bits per heavy atom. The highest BCUT2D eigenvalue weighted by Gasteiger charge is 2.23. The molecule has 1 aromatic heterocycles. The van der Waals surface area contributed by atoms with Crippen molar-refractivity contribution in [3.8, 4) is 0 Å². The van der Waals surface area contributed by atoms with E-state index >= 15 is 0 Å². The first-order valence-electron chi connectivity index (χ1n) is 6.39. The number of hydrogen-bond donors (Lipinski definition) is 1. The lowest BCUT2D eigenvalue weighted by Crippen LogP contribution is -2.17. The van der Waals surface area contributed by atoms with Crippen LogP contribution in [-0.4, -0.2) is 11.0 Å². The van der Waals surface area contributed by atoms with Crippen molar-refractivity contribution in [1.82, 2.24) is 0 Å². The van der Waals surface area contributed by atoms with Gasteiger partial charge in [0.15, 0.2) is 0 Å². The fraction of sp³-hybridized carbons (Fsp3) is 0.286. The van der Waals surface area contributed by atoms with Crippen molar-refractivity contribution in [2.24, 2.45) is 0 Å². The molecular formula is C14H14F2N2O3. The molecule has 2 aromatic rings. The molecule has 0 aliphatic rings. The van der Waals surface area contributed by atoms with Crippen LogP contribution in [0.2, 0.25) is 0 Å². The summed E-state index contributed by atoms with van der Waals surface area (Å²) in [4.78, 5) is 10.0. The number of halogens is 2. The number of nitrogens with zero attached hydrogens (tertiary/aromatic N) is 1. The van der Waals surface area contributed by atoms with Crippen LogP contribution in [0.15, 0.2) is 34.9 Å². The molecular weight excluding hydrogens is 282 g/mol. The van der Waals surface area contributed by atoms with Gasteiger partial charge in [-0.1, -0.05) is 0 Å². The van der Waals surface area contributed by atoms with Crippen molar-refractivity contribution in [2.75, 3.05) is 5.32 Å². The van der Waals surface area contributed by atoms with E-state index in [1.807, 2.05) is 6.07 Å². The maximum Gasteiger partial charge on any atom is 0.327 e. The zero-order valence-corrected chi connectivity index (χ0v) is 11.3. The summed E-state index contributed by atoms with van der Waals surface area (Å²) in [6.07, 6.45) is 2.77. The normalized spacial score (nSPS) is 12.1. The monoisotopic (exact) mass is 296 g/mol. The summed E-state index contributed by atoms with van der Waals surface area (Å²) in [5.74, 6) is -1.27. The smallest absolute Gasteiger partial charge is 0.327 e. The molecule has 1 N–H and O–H groups in total. The zero-order chi connectivity index (χ0) is 15.4. The summed E-state index contributed by atoms with van der Waals surface area (Å²) in [6.45, 7) is 1.77. The fourth-order valence-electron chi connectivity index (χ4n) is 2.01. The summed E-state index contributed by atoms with van der Waals surface area (Å²) < 4.78 is 31.9. The number of nitro benzene ring substituents is 1. The van der Waals surface area contributed by atoms with Crippen molar-refractivity contribution in [3.63, 3.8) is 0 Å². The number of anilines is 1. The molecule has 0 saturated carbocycles. The summed E-state index contributed by atoms with van der Waals surface area (Å²) in [5.41, 5.74) is -0.911. The van der Waals surface area contributed by atoms with Crippen LogP contribution in [0, 0.1) is 21.7 Å². The molecule has 0 saturated heterocycles. The van der Waals surface area contributed by atoms with E-state index in [-0.39, 0.29) is 11.7 Å². The number of nitrogens with one attached hydrogen (secondary N) is 1. The maximum absolute atomic E-state index is 13.5. The van der Waals surface area contributed by atoms with Gasteiger partial charge >= 0.3 is 5.69 Å². The molecule has 2 rings (SSSR count). The second-order valence-corrected chi connectivity index (χ2v) is 4.70. The fourth-order valence-corrected chi connectivity index (χ4v) is 2.01. The molecule has 0 aliphatic carbocycles. The van der Waals surface area contributed by atoms with Gasteiger partial charge in [-0.15, -0.1) is 0 Å². The SMILES string of the molecule is CC(CCc1ccco1)Nc1cc(F)cc(F)c1[N+](=O)[O-]. The number of hydrogen-bond acceptors (Lipinski definition) is 4. The van der Waals surface area contributed by atoms with Gasteiger partial charge in [0.1, 0.15) is 17.3 Å². The Morgan fingerprint density at radius 3 is 2.81 bits per heavy atom. The average Bonchev–Trinajstić information content (AvgIpc) is 2.87. The number of nitro groups is 1.